The van der Waals surface area contributed by atoms with Crippen molar-refractivity contribution >= 4 is 27.3 Å². The van der Waals surface area contributed by atoms with Crippen molar-refractivity contribution in [3.8, 4) is 5.75 Å². The number of hydrogen-bond donors (Lipinski definition) is 1. The van der Waals surface area contributed by atoms with Gasteiger partial charge in [0.15, 0.2) is 0 Å². The Hall–Kier alpha value is -2.75. The molecule has 0 aliphatic rings. The smallest absolute Gasteiger partial charge is 0.416 e. The van der Waals surface area contributed by atoms with Crippen LogP contribution in [0.2, 0.25) is 0 Å². The summed E-state index contributed by atoms with van der Waals surface area (Å²) in [6.07, 6.45) is -3.50. The van der Waals surface area contributed by atoms with E-state index in [1.54, 1.807) is 19.1 Å². The number of rotatable bonds is 8. The van der Waals surface area contributed by atoms with Crippen LogP contribution in [0.1, 0.15) is 25.8 Å². The molecule has 0 fully saturated rings. The highest BCUT2D eigenvalue weighted by molar-refractivity contribution is 7.92. The van der Waals surface area contributed by atoms with Crippen molar-refractivity contribution in [3.63, 3.8) is 0 Å². The maximum atomic E-state index is 12.9. The van der Waals surface area contributed by atoms with Crippen molar-refractivity contribution in [1.82, 2.24) is 0 Å². The van der Waals surface area contributed by atoms with Gasteiger partial charge in [-0.05, 0) is 55.8 Å². The molecule has 0 heterocycles. The molecule has 0 spiro atoms. The standard InChI is InChI=1S/C20H23F3N2O4S/c1-4-18(19(26)24-15-8-6-7-14(13-15)20(21,22)23)25(30(3,27)28)16-9-11-17(12-10-16)29-5-2/h6-13,18H,4-5H2,1-3H3,(H,24,26)/t18-/m1/s1. The maximum absolute atomic E-state index is 12.9. The molecule has 0 radical (unpaired) electrons. The Morgan fingerprint density at radius 2 is 1.77 bits per heavy atom. The van der Waals surface area contributed by atoms with Gasteiger partial charge in [0.1, 0.15) is 11.8 Å². The summed E-state index contributed by atoms with van der Waals surface area (Å²) >= 11 is 0. The third kappa shape index (κ3) is 5.88. The summed E-state index contributed by atoms with van der Waals surface area (Å²) < 4.78 is 69.9. The predicted molar refractivity (Wildman–Crippen MR) is 109 cm³/mol. The summed E-state index contributed by atoms with van der Waals surface area (Å²) in [7, 11) is -3.87. The van der Waals surface area contributed by atoms with E-state index in [9.17, 15) is 26.4 Å². The van der Waals surface area contributed by atoms with Crippen molar-refractivity contribution in [1.29, 1.82) is 0 Å². The van der Waals surface area contributed by atoms with Gasteiger partial charge in [0, 0.05) is 5.69 Å². The molecule has 0 unspecified atom stereocenters. The van der Waals surface area contributed by atoms with Crippen LogP contribution in [0.15, 0.2) is 48.5 Å². The van der Waals surface area contributed by atoms with Gasteiger partial charge < -0.3 is 10.1 Å². The number of carbonyl (C=O) groups is 1. The van der Waals surface area contributed by atoms with Crippen LogP contribution in [-0.4, -0.2) is 33.2 Å². The number of anilines is 2. The van der Waals surface area contributed by atoms with Crippen molar-refractivity contribution in [2.75, 3.05) is 22.5 Å². The number of alkyl halides is 3. The molecule has 2 rings (SSSR count). The molecule has 1 amide bonds. The van der Waals surface area contributed by atoms with Gasteiger partial charge in [0.05, 0.1) is 24.1 Å². The molecule has 0 aliphatic heterocycles. The summed E-state index contributed by atoms with van der Waals surface area (Å²) in [5.41, 5.74) is -0.750. The second-order valence-corrected chi connectivity index (χ2v) is 8.34. The predicted octanol–water partition coefficient (Wildman–Crippen LogP) is 4.29. The van der Waals surface area contributed by atoms with Crippen LogP contribution >= 0.6 is 0 Å². The zero-order valence-electron chi connectivity index (χ0n) is 16.7. The van der Waals surface area contributed by atoms with E-state index in [4.69, 9.17) is 4.74 Å². The van der Waals surface area contributed by atoms with Gasteiger partial charge in [-0.15, -0.1) is 0 Å². The summed E-state index contributed by atoms with van der Waals surface area (Å²) in [6.45, 7) is 3.86. The molecule has 0 saturated carbocycles. The van der Waals surface area contributed by atoms with Crippen LogP contribution in [0.5, 0.6) is 5.75 Å². The van der Waals surface area contributed by atoms with E-state index >= 15 is 0 Å². The quantitative estimate of drug-likeness (QED) is 0.659. The van der Waals surface area contributed by atoms with Crippen LogP contribution in [0.3, 0.4) is 0 Å². The zero-order valence-corrected chi connectivity index (χ0v) is 17.5. The monoisotopic (exact) mass is 444 g/mol. The molecule has 10 heteroatoms. The number of halogens is 3. The Labute approximate surface area is 173 Å². The first-order valence-electron chi connectivity index (χ1n) is 9.17. The Morgan fingerprint density at radius 3 is 2.27 bits per heavy atom. The number of nitrogens with zero attached hydrogens (tertiary/aromatic N) is 1. The summed E-state index contributed by atoms with van der Waals surface area (Å²) in [5.74, 6) is -0.202. The number of benzene rings is 2. The van der Waals surface area contributed by atoms with E-state index in [0.29, 0.717) is 12.4 Å². The number of nitrogens with one attached hydrogen (secondary N) is 1. The number of ether oxygens (including phenoxy) is 1. The van der Waals surface area contributed by atoms with Gasteiger partial charge in [-0.3, -0.25) is 9.10 Å². The van der Waals surface area contributed by atoms with Crippen molar-refractivity contribution in [2.45, 2.75) is 32.5 Å². The number of amides is 1. The van der Waals surface area contributed by atoms with Crippen molar-refractivity contribution < 1.29 is 31.1 Å². The maximum Gasteiger partial charge on any atom is 0.416 e. The molecular formula is C20H23F3N2O4S. The molecule has 30 heavy (non-hydrogen) atoms. The minimum Gasteiger partial charge on any atom is -0.494 e. The highest BCUT2D eigenvalue weighted by Gasteiger charge is 2.33. The van der Waals surface area contributed by atoms with Gasteiger partial charge >= 0.3 is 6.18 Å². The normalized spacial score (nSPS) is 12.9. The number of sulfonamides is 1. The molecule has 1 atom stereocenters. The lowest BCUT2D eigenvalue weighted by Crippen LogP contribution is -2.47. The lowest BCUT2D eigenvalue weighted by Gasteiger charge is -2.30. The van der Waals surface area contributed by atoms with E-state index in [1.807, 2.05) is 6.92 Å². The lowest BCUT2D eigenvalue weighted by atomic mass is 10.1. The molecule has 1 N–H and O–H groups in total. The summed E-state index contributed by atoms with van der Waals surface area (Å²) in [6, 6.07) is 9.16. The largest absolute Gasteiger partial charge is 0.494 e. The lowest BCUT2D eigenvalue weighted by molar-refractivity contribution is -0.137. The molecule has 2 aromatic carbocycles. The van der Waals surface area contributed by atoms with E-state index in [1.165, 1.54) is 24.3 Å². The van der Waals surface area contributed by atoms with Crippen LogP contribution < -0.4 is 14.4 Å². The molecule has 0 aliphatic carbocycles. The second kappa shape index (κ2) is 9.38. The summed E-state index contributed by atoms with van der Waals surface area (Å²) in [4.78, 5) is 12.8. The highest BCUT2D eigenvalue weighted by atomic mass is 32.2. The van der Waals surface area contributed by atoms with E-state index in [-0.39, 0.29) is 17.8 Å². The van der Waals surface area contributed by atoms with E-state index in [2.05, 4.69) is 5.32 Å². The van der Waals surface area contributed by atoms with Gasteiger partial charge in [-0.2, -0.15) is 13.2 Å². The topological polar surface area (TPSA) is 75.7 Å². The number of carbonyl (C=O) groups excluding carboxylic acids is 1. The zero-order chi connectivity index (χ0) is 22.5. The number of hydrogen-bond acceptors (Lipinski definition) is 4. The fourth-order valence-corrected chi connectivity index (χ4v) is 4.13. The van der Waals surface area contributed by atoms with Crippen molar-refractivity contribution in [3.05, 3.63) is 54.1 Å². The Morgan fingerprint density at radius 1 is 1.13 bits per heavy atom. The van der Waals surface area contributed by atoms with Crippen LogP contribution in [0.4, 0.5) is 24.5 Å². The first-order chi connectivity index (χ1) is 14.0. The average molecular weight is 444 g/mol. The van der Waals surface area contributed by atoms with Crippen LogP contribution in [-0.2, 0) is 21.0 Å². The van der Waals surface area contributed by atoms with Crippen LogP contribution in [0, 0.1) is 0 Å². The minimum atomic E-state index is -4.56. The molecule has 164 valence electrons. The Bertz CT molecular complexity index is 976. The van der Waals surface area contributed by atoms with Crippen LogP contribution in [0.25, 0.3) is 0 Å². The molecule has 2 aromatic rings. The van der Waals surface area contributed by atoms with Gasteiger partial charge in [0.25, 0.3) is 0 Å². The van der Waals surface area contributed by atoms with Gasteiger partial charge in [0.2, 0.25) is 15.9 Å². The third-order valence-corrected chi connectivity index (χ3v) is 5.37. The molecule has 0 aromatic heterocycles. The second-order valence-electron chi connectivity index (χ2n) is 6.48. The van der Waals surface area contributed by atoms with E-state index in [0.717, 1.165) is 22.7 Å². The molecule has 6 nitrogen and oxygen atoms in total. The first kappa shape index (κ1) is 23.5. The molecule has 0 saturated heterocycles. The molecule has 0 bridgehead atoms. The van der Waals surface area contributed by atoms with Crippen molar-refractivity contribution in [2.24, 2.45) is 0 Å². The fraction of sp³-hybridized carbons (Fsp3) is 0.350. The van der Waals surface area contributed by atoms with Gasteiger partial charge in [-0.25, -0.2) is 8.42 Å². The van der Waals surface area contributed by atoms with Gasteiger partial charge in [-0.1, -0.05) is 13.0 Å². The minimum absolute atomic E-state index is 0.0755. The Kier molecular flexibility index (Phi) is 7.35. The average Bonchev–Trinajstić information content (AvgIpc) is 2.65. The molecular weight excluding hydrogens is 421 g/mol. The van der Waals surface area contributed by atoms with E-state index < -0.39 is 33.7 Å². The first-order valence-corrected chi connectivity index (χ1v) is 11.0. The summed E-state index contributed by atoms with van der Waals surface area (Å²) in [5, 5.41) is 2.39. The Balaban J connectivity index is 2.34. The highest BCUT2D eigenvalue weighted by Crippen LogP contribution is 2.31. The SMILES string of the molecule is CCOc1ccc(N([C@H](CC)C(=O)Nc2cccc(C(F)(F)F)c2)S(C)(=O)=O)cc1. The third-order valence-electron chi connectivity index (χ3n) is 4.19. The fourth-order valence-electron chi connectivity index (χ4n) is 2.92.